The number of benzene rings is 1. The maximum absolute atomic E-state index is 10.3. The predicted octanol–water partition coefficient (Wildman–Crippen LogP) is 3.07. The SMILES string of the molecule is O=CCCc1cc(Br)c2c(c1)CCC2. The van der Waals surface area contributed by atoms with Crippen LogP contribution >= 0.6 is 15.9 Å². The minimum Gasteiger partial charge on any atom is -0.303 e. The van der Waals surface area contributed by atoms with Crippen LogP contribution in [0, 0.1) is 0 Å². The molecule has 0 aliphatic heterocycles. The molecule has 0 heterocycles. The second-order valence-electron chi connectivity index (χ2n) is 3.77. The minimum atomic E-state index is 0.630. The number of hydrogen-bond donors (Lipinski definition) is 0. The van der Waals surface area contributed by atoms with Crippen molar-refractivity contribution in [1.82, 2.24) is 0 Å². The maximum Gasteiger partial charge on any atom is 0.120 e. The summed E-state index contributed by atoms with van der Waals surface area (Å²) in [6.07, 6.45) is 6.15. The highest BCUT2D eigenvalue weighted by atomic mass is 79.9. The third kappa shape index (κ3) is 1.90. The van der Waals surface area contributed by atoms with E-state index in [0.717, 1.165) is 12.7 Å². The number of carbonyl (C=O) groups is 1. The molecule has 0 radical (unpaired) electrons. The first kappa shape index (κ1) is 9.91. The number of halogens is 1. The zero-order chi connectivity index (χ0) is 9.97. The van der Waals surface area contributed by atoms with Gasteiger partial charge in [-0.25, -0.2) is 0 Å². The molecule has 2 rings (SSSR count). The molecule has 0 N–H and O–H groups in total. The van der Waals surface area contributed by atoms with Crippen molar-refractivity contribution in [2.75, 3.05) is 0 Å². The van der Waals surface area contributed by atoms with Gasteiger partial charge in [0.05, 0.1) is 0 Å². The number of carbonyl (C=O) groups excluding carboxylic acids is 1. The highest BCUT2D eigenvalue weighted by Crippen LogP contribution is 2.30. The second-order valence-corrected chi connectivity index (χ2v) is 4.63. The fraction of sp³-hybridized carbons (Fsp3) is 0.417. The Morgan fingerprint density at radius 2 is 2.21 bits per heavy atom. The Kier molecular flexibility index (Phi) is 3.02. The molecule has 1 nitrogen and oxygen atoms in total. The topological polar surface area (TPSA) is 17.1 Å². The van der Waals surface area contributed by atoms with Gasteiger partial charge in [-0.3, -0.25) is 0 Å². The summed E-state index contributed by atoms with van der Waals surface area (Å²) in [6.45, 7) is 0. The van der Waals surface area contributed by atoms with Crippen LogP contribution in [0.25, 0.3) is 0 Å². The van der Waals surface area contributed by atoms with Crippen molar-refractivity contribution in [2.24, 2.45) is 0 Å². The first-order valence-electron chi connectivity index (χ1n) is 5.05. The van der Waals surface area contributed by atoms with Gasteiger partial charge >= 0.3 is 0 Å². The Labute approximate surface area is 92.6 Å². The summed E-state index contributed by atoms with van der Waals surface area (Å²) < 4.78 is 1.23. The molecule has 74 valence electrons. The lowest BCUT2D eigenvalue weighted by atomic mass is 10.0. The lowest BCUT2D eigenvalue weighted by molar-refractivity contribution is -0.107. The van der Waals surface area contributed by atoms with E-state index in [1.54, 1.807) is 0 Å². The van der Waals surface area contributed by atoms with E-state index < -0.39 is 0 Å². The number of fused-ring (bicyclic) bond motifs is 1. The molecule has 0 fully saturated rings. The van der Waals surface area contributed by atoms with Crippen LogP contribution in [-0.4, -0.2) is 6.29 Å². The molecule has 0 saturated carbocycles. The van der Waals surface area contributed by atoms with Crippen molar-refractivity contribution >= 4 is 22.2 Å². The van der Waals surface area contributed by atoms with Gasteiger partial charge in [0.15, 0.2) is 0 Å². The molecular formula is C12H13BrO. The Morgan fingerprint density at radius 3 is 3.00 bits per heavy atom. The predicted molar refractivity (Wildman–Crippen MR) is 60.6 cm³/mol. The first-order chi connectivity index (χ1) is 6.81. The summed E-state index contributed by atoms with van der Waals surface area (Å²) in [7, 11) is 0. The molecule has 0 aromatic heterocycles. The van der Waals surface area contributed by atoms with E-state index in [2.05, 4.69) is 28.1 Å². The molecule has 1 aliphatic carbocycles. The van der Waals surface area contributed by atoms with Crippen LogP contribution in [0.1, 0.15) is 29.5 Å². The van der Waals surface area contributed by atoms with Crippen LogP contribution in [0.3, 0.4) is 0 Å². The van der Waals surface area contributed by atoms with E-state index in [0.29, 0.717) is 6.42 Å². The van der Waals surface area contributed by atoms with Gasteiger partial charge in [-0.05, 0) is 48.4 Å². The fourth-order valence-electron chi connectivity index (χ4n) is 2.08. The van der Waals surface area contributed by atoms with E-state index >= 15 is 0 Å². The van der Waals surface area contributed by atoms with Crippen LogP contribution in [0.4, 0.5) is 0 Å². The molecule has 0 unspecified atom stereocenters. The third-order valence-corrected chi connectivity index (χ3v) is 3.48. The zero-order valence-electron chi connectivity index (χ0n) is 8.05. The average Bonchev–Trinajstić information content (AvgIpc) is 2.63. The van der Waals surface area contributed by atoms with Gasteiger partial charge in [0.25, 0.3) is 0 Å². The molecule has 1 aliphatic rings. The van der Waals surface area contributed by atoms with Gasteiger partial charge in [-0.2, -0.15) is 0 Å². The molecule has 14 heavy (non-hydrogen) atoms. The van der Waals surface area contributed by atoms with Gasteiger partial charge in [-0.15, -0.1) is 0 Å². The summed E-state index contributed by atoms with van der Waals surface area (Å²) in [6, 6.07) is 4.42. The number of aldehydes is 1. The number of rotatable bonds is 3. The standard InChI is InChI=1S/C12H13BrO/c13-12-8-9(3-2-6-14)7-10-4-1-5-11(10)12/h6-8H,1-5H2. The highest BCUT2D eigenvalue weighted by molar-refractivity contribution is 9.10. The smallest absolute Gasteiger partial charge is 0.120 e. The van der Waals surface area contributed by atoms with Gasteiger partial charge in [0.2, 0.25) is 0 Å². The van der Waals surface area contributed by atoms with Crippen molar-refractivity contribution < 1.29 is 4.79 Å². The van der Waals surface area contributed by atoms with Gasteiger partial charge in [-0.1, -0.05) is 22.0 Å². The first-order valence-corrected chi connectivity index (χ1v) is 5.84. The third-order valence-electron chi connectivity index (χ3n) is 2.77. The van der Waals surface area contributed by atoms with Gasteiger partial charge in [0, 0.05) is 10.9 Å². The average molecular weight is 253 g/mol. The normalized spacial score (nSPS) is 14.1. The second kappa shape index (κ2) is 4.26. The fourth-order valence-corrected chi connectivity index (χ4v) is 2.83. The lowest BCUT2D eigenvalue weighted by Gasteiger charge is -2.06. The van der Waals surface area contributed by atoms with Crippen molar-refractivity contribution in [3.05, 3.63) is 33.3 Å². The Balaban J connectivity index is 2.27. The van der Waals surface area contributed by atoms with E-state index in [4.69, 9.17) is 0 Å². The van der Waals surface area contributed by atoms with Crippen molar-refractivity contribution in [2.45, 2.75) is 32.1 Å². The van der Waals surface area contributed by atoms with Gasteiger partial charge in [0.1, 0.15) is 6.29 Å². The lowest BCUT2D eigenvalue weighted by Crippen LogP contribution is -1.91. The van der Waals surface area contributed by atoms with Crippen LogP contribution < -0.4 is 0 Å². The molecule has 0 atom stereocenters. The molecule has 2 heteroatoms. The van der Waals surface area contributed by atoms with Crippen LogP contribution in [0.2, 0.25) is 0 Å². The van der Waals surface area contributed by atoms with Crippen molar-refractivity contribution in [3.63, 3.8) is 0 Å². The molecule has 0 spiro atoms. The maximum atomic E-state index is 10.3. The van der Waals surface area contributed by atoms with E-state index in [1.807, 2.05) is 0 Å². The summed E-state index contributed by atoms with van der Waals surface area (Å²) in [5, 5.41) is 0. The van der Waals surface area contributed by atoms with E-state index in [9.17, 15) is 4.79 Å². The number of aryl methyl sites for hydroxylation is 2. The monoisotopic (exact) mass is 252 g/mol. The van der Waals surface area contributed by atoms with E-state index in [-0.39, 0.29) is 0 Å². The zero-order valence-corrected chi connectivity index (χ0v) is 9.64. The van der Waals surface area contributed by atoms with Crippen molar-refractivity contribution in [1.29, 1.82) is 0 Å². The molecule has 0 saturated heterocycles. The van der Waals surface area contributed by atoms with Gasteiger partial charge < -0.3 is 4.79 Å². The summed E-state index contributed by atoms with van der Waals surface area (Å²) in [5.41, 5.74) is 4.23. The van der Waals surface area contributed by atoms with Crippen LogP contribution in [0.5, 0.6) is 0 Å². The molecule has 1 aromatic carbocycles. The highest BCUT2D eigenvalue weighted by Gasteiger charge is 2.14. The molecule has 1 aromatic rings. The van der Waals surface area contributed by atoms with E-state index in [1.165, 1.54) is 40.4 Å². The molecule has 0 bridgehead atoms. The van der Waals surface area contributed by atoms with Crippen LogP contribution in [0.15, 0.2) is 16.6 Å². The Morgan fingerprint density at radius 1 is 1.36 bits per heavy atom. The summed E-state index contributed by atoms with van der Waals surface area (Å²) >= 11 is 3.60. The largest absolute Gasteiger partial charge is 0.303 e. The molecule has 0 amide bonds. The molecular weight excluding hydrogens is 240 g/mol. The quantitative estimate of drug-likeness (QED) is 0.756. The minimum absolute atomic E-state index is 0.630. The van der Waals surface area contributed by atoms with Crippen LogP contribution in [-0.2, 0) is 24.1 Å². The summed E-state index contributed by atoms with van der Waals surface area (Å²) in [4.78, 5) is 10.3. The Bertz CT molecular complexity index is 358. The number of hydrogen-bond acceptors (Lipinski definition) is 1. The Hall–Kier alpha value is -0.630. The van der Waals surface area contributed by atoms with Crippen molar-refractivity contribution in [3.8, 4) is 0 Å². The summed E-state index contributed by atoms with van der Waals surface area (Å²) in [5.74, 6) is 0.